The minimum Gasteiger partial charge on any atom is -0.477 e. The van der Waals surface area contributed by atoms with Crippen LogP contribution in [0.2, 0.25) is 5.02 Å². The van der Waals surface area contributed by atoms with Crippen LogP contribution in [0.4, 0.5) is 10.2 Å². The average molecular weight is 486 g/mol. The molecule has 1 N–H and O–H groups in total. The molecule has 0 amide bonds. The van der Waals surface area contributed by atoms with Gasteiger partial charge in [-0.25, -0.2) is 19.2 Å². The van der Waals surface area contributed by atoms with Crippen molar-refractivity contribution in [3.05, 3.63) is 74.5 Å². The van der Waals surface area contributed by atoms with Gasteiger partial charge in [0.05, 0.1) is 5.39 Å². The second kappa shape index (κ2) is 8.53. The Morgan fingerprint density at radius 2 is 2.09 bits per heavy atom. The molecule has 0 saturated carbocycles. The Hall–Kier alpha value is -3.37. The van der Waals surface area contributed by atoms with Crippen LogP contribution in [0.5, 0.6) is 0 Å². The molecule has 0 radical (unpaired) electrons. The summed E-state index contributed by atoms with van der Waals surface area (Å²) in [6.07, 6.45) is 6.08. The monoisotopic (exact) mass is 485 g/mol. The Kier molecular flexibility index (Phi) is 5.55. The third-order valence-electron chi connectivity index (χ3n) is 5.61. The molecule has 1 saturated heterocycles. The molecule has 0 spiro atoms. The second-order valence-electron chi connectivity index (χ2n) is 7.80. The van der Waals surface area contributed by atoms with Gasteiger partial charge in [-0.3, -0.25) is 14.3 Å². The fraction of sp³-hybridized carbons (Fsp3) is 0.227. The van der Waals surface area contributed by atoms with E-state index in [2.05, 4.69) is 15.0 Å². The number of halogens is 2. The fourth-order valence-corrected chi connectivity index (χ4v) is 4.73. The van der Waals surface area contributed by atoms with Crippen LogP contribution in [0.25, 0.3) is 16.2 Å². The van der Waals surface area contributed by atoms with Crippen molar-refractivity contribution >= 4 is 45.8 Å². The number of carboxylic acids is 1. The SMILES string of the molecule is O=C(O)c1cn(-c2nccs2)c2nc(N3CC(CCc4cc(Cl)ccn4)C3)c(F)cc2c1=O. The van der Waals surface area contributed by atoms with E-state index in [0.29, 0.717) is 29.2 Å². The number of hydrogen-bond donors (Lipinski definition) is 1. The van der Waals surface area contributed by atoms with Crippen molar-refractivity contribution in [3.63, 3.8) is 0 Å². The van der Waals surface area contributed by atoms with Crippen LogP contribution in [0.1, 0.15) is 22.5 Å². The number of aryl methyl sites for hydroxylation is 1. The Labute approximate surface area is 195 Å². The standard InChI is InChI=1S/C22H17ClFN5O3S/c23-13-3-4-25-14(7-13)2-1-12-9-28(10-12)20-17(24)8-15-18(30)16(21(31)32)11-29(19(15)27-20)22-26-5-6-33-22/h3-8,11-12H,1-2,9-10H2,(H,31,32). The first-order valence-electron chi connectivity index (χ1n) is 10.1. The summed E-state index contributed by atoms with van der Waals surface area (Å²) in [6, 6.07) is 4.64. The van der Waals surface area contributed by atoms with Crippen molar-refractivity contribution in [3.8, 4) is 5.13 Å². The zero-order valence-corrected chi connectivity index (χ0v) is 18.7. The van der Waals surface area contributed by atoms with Crippen LogP contribution in [0, 0.1) is 11.7 Å². The van der Waals surface area contributed by atoms with Gasteiger partial charge in [0.1, 0.15) is 5.56 Å². The number of rotatable bonds is 6. The number of carbonyl (C=O) groups is 1. The van der Waals surface area contributed by atoms with Gasteiger partial charge in [-0.2, -0.15) is 0 Å². The average Bonchev–Trinajstić information content (AvgIpc) is 3.28. The number of aromatic carboxylic acids is 1. The third-order valence-corrected chi connectivity index (χ3v) is 6.62. The Morgan fingerprint density at radius 3 is 2.79 bits per heavy atom. The number of fused-ring (bicyclic) bond motifs is 1. The minimum atomic E-state index is -1.39. The number of pyridine rings is 3. The summed E-state index contributed by atoms with van der Waals surface area (Å²) in [7, 11) is 0. The van der Waals surface area contributed by atoms with E-state index < -0.39 is 22.8 Å². The first-order valence-corrected chi connectivity index (χ1v) is 11.4. The Balaban J connectivity index is 1.43. The summed E-state index contributed by atoms with van der Waals surface area (Å²) in [5.74, 6) is -1.58. The van der Waals surface area contributed by atoms with Gasteiger partial charge in [-0.1, -0.05) is 11.6 Å². The van der Waals surface area contributed by atoms with Crippen LogP contribution in [-0.4, -0.2) is 43.7 Å². The van der Waals surface area contributed by atoms with E-state index in [0.717, 1.165) is 24.6 Å². The van der Waals surface area contributed by atoms with Crippen molar-refractivity contribution in [2.24, 2.45) is 5.92 Å². The lowest BCUT2D eigenvalue weighted by atomic mass is 9.93. The summed E-state index contributed by atoms with van der Waals surface area (Å²) in [6.45, 7) is 1.23. The van der Waals surface area contributed by atoms with Gasteiger partial charge in [0.25, 0.3) is 0 Å². The van der Waals surface area contributed by atoms with Crippen molar-refractivity contribution in [1.82, 2.24) is 19.5 Å². The highest BCUT2D eigenvalue weighted by molar-refractivity contribution is 7.12. The fourth-order valence-electron chi connectivity index (χ4n) is 3.93. The maximum Gasteiger partial charge on any atom is 0.341 e. The van der Waals surface area contributed by atoms with Gasteiger partial charge in [-0.05, 0) is 37.0 Å². The molecular formula is C22H17ClFN5O3S. The van der Waals surface area contributed by atoms with Gasteiger partial charge in [0, 0.05) is 47.8 Å². The lowest BCUT2D eigenvalue weighted by Crippen LogP contribution is -2.47. The normalized spacial score (nSPS) is 13.9. The maximum atomic E-state index is 15.0. The second-order valence-corrected chi connectivity index (χ2v) is 9.11. The number of nitrogens with zero attached hydrogens (tertiary/aromatic N) is 5. The molecule has 4 aromatic rings. The lowest BCUT2D eigenvalue weighted by Gasteiger charge is -2.40. The van der Waals surface area contributed by atoms with Gasteiger partial charge in [0.2, 0.25) is 5.43 Å². The molecular weight excluding hydrogens is 469 g/mol. The Bertz CT molecular complexity index is 1420. The number of aromatic nitrogens is 4. The molecule has 1 aliphatic rings. The molecule has 0 atom stereocenters. The van der Waals surface area contributed by atoms with Gasteiger partial charge in [-0.15, -0.1) is 11.3 Å². The summed E-state index contributed by atoms with van der Waals surface area (Å²) >= 11 is 7.26. The quantitative estimate of drug-likeness (QED) is 0.443. The van der Waals surface area contributed by atoms with E-state index in [1.54, 1.807) is 23.8 Å². The first-order chi connectivity index (χ1) is 15.9. The van der Waals surface area contributed by atoms with Crippen molar-refractivity contribution in [2.75, 3.05) is 18.0 Å². The van der Waals surface area contributed by atoms with Crippen LogP contribution in [-0.2, 0) is 6.42 Å². The van der Waals surface area contributed by atoms with Crippen molar-refractivity contribution < 1.29 is 14.3 Å². The third kappa shape index (κ3) is 4.07. The molecule has 1 aliphatic heterocycles. The van der Waals surface area contributed by atoms with Crippen molar-refractivity contribution in [2.45, 2.75) is 12.8 Å². The molecule has 0 aliphatic carbocycles. The highest BCUT2D eigenvalue weighted by Crippen LogP contribution is 2.30. The predicted octanol–water partition coefficient (Wildman–Crippen LogP) is 3.80. The highest BCUT2D eigenvalue weighted by Gasteiger charge is 2.30. The summed E-state index contributed by atoms with van der Waals surface area (Å²) in [5, 5.41) is 12.1. The zero-order valence-electron chi connectivity index (χ0n) is 17.1. The molecule has 0 bridgehead atoms. The highest BCUT2D eigenvalue weighted by atomic mass is 35.5. The molecule has 11 heteroatoms. The number of thiazole rings is 1. The predicted molar refractivity (Wildman–Crippen MR) is 123 cm³/mol. The molecule has 0 unspecified atom stereocenters. The van der Waals surface area contributed by atoms with E-state index in [4.69, 9.17) is 11.6 Å². The van der Waals surface area contributed by atoms with Gasteiger partial charge in [0.15, 0.2) is 22.4 Å². The van der Waals surface area contributed by atoms with E-state index in [1.807, 2.05) is 11.0 Å². The van der Waals surface area contributed by atoms with Crippen LogP contribution < -0.4 is 10.3 Å². The number of carboxylic acid groups (broad SMARTS) is 1. The molecule has 5 rings (SSSR count). The zero-order chi connectivity index (χ0) is 23.1. The smallest absolute Gasteiger partial charge is 0.341 e. The molecule has 168 valence electrons. The number of hydrogen-bond acceptors (Lipinski definition) is 7. The van der Waals surface area contributed by atoms with Crippen LogP contribution >= 0.6 is 22.9 Å². The summed E-state index contributed by atoms with van der Waals surface area (Å²) in [4.78, 5) is 39.0. The summed E-state index contributed by atoms with van der Waals surface area (Å²) in [5.41, 5.74) is -0.162. The topological polar surface area (TPSA) is 101 Å². The molecule has 33 heavy (non-hydrogen) atoms. The lowest BCUT2D eigenvalue weighted by molar-refractivity contribution is 0.0695. The van der Waals surface area contributed by atoms with Crippen LogP contribution in [0.3, 0.4) is 0 Å². The van der Waals surface area contributed by atoms with E-state index >= 15 is 0 Å². The van der Waals surface area contributed by atoms with E-state index in [-0.39, 0.29) is 16.9 Å². The Morgan fingerprint density at radius 1 is 1.27 bits per heavy atom. The minimum absolute atomic E-state index is 0.101. The molecule has 8 nitrogen and oxygen atoms in total. The maximum absolute atomic E-state index is 15.0. The van der Waals surface area contributed by atoms with E-state index in [9.17, 15) is 19.1 Å². The van der Waals surface area contributed by atoms with E-state index in [1.165, 1.54) is 22.1 Å². The molecule has 4 aromatic heterocycles. The summed E-state index contributed by atoms with van der Waals surface area (Å²) < 4.78 is 16.4. The van der Waals surface area contributed by atoms with Gasteiger partial charge < -0.3 is 10.0 Å². The molecule has 5 heterocycles. The van der Waals surface area contributed by atoms with Gasteiger partial charge >= 0.3 is 5.97 Å². The van der Waals surface area contributed by atoms with Crippen LogP contribution in [0.15, 0.2) is 47.0 Å². The van der Waals surface area contributed by atoms with Crippen molar-refractivity contribution in [1.29, 1.82) is 0 Å². The first kappa shape index (κ1) is 21.5. The molecule has 0 aromatic carbocycles. The number of anilines is 1. The molecule has 1 fully saturated rings. The largest absolute Gasteiger partial charge is 0.477 e.